The third kappa shape index (κ3) is 6.40. The summed E-state index contributed by atoms with van der Waals surface area (Å²) >= 11 is 1.28. The molecule has 3 aromatic carbocycles. The van der Waals surface area contributed by atoms with Gasteiger partial charge in [-0.05, 0) is 86.1 Å². The van der Waals surface area contributed by atoms with Gasteiger partial charge in [-0.25, -0.2) is 9.79 Å². The highest BCUT2D eigenvalue weighted by atomic mass is 32.2. The number of rotatable bonds is 9. The number of thioether (sulfide) groups is 1. The number of ether oxygens (including phenoxy) is 2. The van der Waals surface area contributed by atoms with Crippen molar-refractivity contribution in [3.05, 3.63) is 93.9 Å². The van der Waals surface area contributed by atoms with Crippen molar-refractivity contribution in [3.8, 4) is 11.5 Å². The van der Waals surface area contributed by atoms with E-state index in [4.69, 9.17) is 14.6 Å². The minimum atomic E-state index is -0.997. The van der Waals surface area contributed by atoms with Crippen LogP contribution in [0.25, 0.3) is 6.08 Å². The summed E-state index contributed by atoms with van der Waals surface area (Å²) in [7, 11) is 0. The van der Waals surface area contributed by atoms with Crippen molar-refractivity contribution in [1.82, 2.24) is 4.90 Å². The van der Waals surface area contributed by atoms with E-state index in [-0.39, 0.29) is 11.5 Å². The maximum atomic E-state index is 13.1. The number of carboxylic acid groups (broad SMARTS) is 1. The van der Waals surface area contributed by atoms with Gasteiger partial charge in [0.1, 0.15) is 6.61 Å². The lowest BCUT2D eigenvalue weighted by molar-refractivity contribution is -0.122. The number of likely N-dealkylation sites (N-methyl/N-ethyl adjacent to an activating group) is 1. The fraction of sp³-hybridized carbons (Fsp3) is 0.207. The number of carbonyl (C=O) groups is 2. The van der Waals surface area contributed by atoms with Crippen LogP contribution in [0, 0.1) is 6.92 Å². The Labute approximate surface area is 220 Å². The van der Waals surface area contributed by atoms with Gasteiger partial charge in [0.05, 0.1) is 22.8 Å². The first-order chi connectivity index (χ1) is 17.9. The second kappa shape index (κ2) is 11.8. The lowest BCUT2D eigenvalue weighted by Gasteiger charge is -2.13. The Bertz CT molecular complexity index is 1350. The summed E-state index contributed by atoms with van der Waals surface area (Å²) in [5, 5.41) is 9.64. The number of hydrogen-bond donors (Lipinski definition) is 1. The second-order valence-corrected chi connectivity index (χ2v) is 9.33. The summed E-state index contributed by atoms with van der Waals surface area (Å²) in [6.07, 6.45) is 1.82. The monoisotopic (exact) mass is 516 g/mol. The Morgan fingerprint density at radius 2 is 1.73 bits per heavy atom. The molecule has 0 radical (unpaired) electrons. The minimum Gasteiger partial charge on any atom is -0.490 e. The molecule has 190 valence electrons. The number of hydrogen-bond acceptors (Lipinski definition) is 6. The van der Waals surface area contributed by atoms with Crippen LogP contribution >= 0.6 is 11.8 Å². The van der Waals surface area contributed by atoms with E-state index in [9.17, 15) is 9.59 Å². The molecular formula is C29H28N2O5S. The average molecular weight is 517 g/mol. The van der Waals surface area contributed by atoms with Crippen LogP contribution in [0.2, 0.25) is 0 Å². The van der Waals surface area contributed by atoms with Crippen molar-refractivity contribution in [2.45, 2.75) is 27.4 Å². The molecule has 4 rings (SSSR count). The van der Waals surface area contributed by atoms with Crippen molar-refractivity contribution >= 4 is 40.6 Å². The molecule has 7 nitrogen and oxygen atoms in total. The standard InChI is InChI=1S/C29H28N2O5S/c1-4-31-27(32)26(37-29(31)30-23-13-11-22(12-14-23)28(33)34)17-21-10-15-24(25(16-21)35-5-2)36-18-20-8-6-19(3)7-9-20/h6-17H,4-5,18H2,1-3H3,(H,33,34). The molecule has 0 saturated carbocycles. The first-order valence-corrected chi connectivity index (χ1v) is 12.8. The zero-order valence-corrected chi connectivity index (χ0v) is 21.7. The highest BCUT2D eigenvalue weighted by molar-refractivity contribution is 8.18. The maximum absolute atomic E-state index is 13.1. The quantitative estimate of drug-likeness (QED) is 0.336. The zero-order chi connectivity index (χ0) is 26.4. The summed E-state index contributed by atoms with van der Waals surface area (Å²) in [4.78, 5) is 30.9. The average Bonchev–Trinajstić information content (AvgIpc) is 3.18. The normalized spacial score (nSPS) is 15.4. The number of aromatic carboxylic acids is 1. The summed E-state index contributed by atoms with van der Waals surface area (Å²) in [6, 6.07) is 20.0. The van der Waals surface area contributed by atoms with Crippen LogP contribution in [-0.4, -0.2) is 40.2 Å². The molecule has 8 heteroatoms. The van der Waals surface area contributed by atoms with Gasteiger partial charge < -0.3 is 14.6 Å². The highest BCUT2D eigenvalue weighted by Gasteiger charge is 2.32. The molecule has 37 heavy (non-hydrogen) atoms. The maximum Gasteiger partial charge on any atom is 0.335 e. The fourth-order valence-corrected chi connectivity index (χ4v) is 4.72. The second-order valence-electron chi connectivity index (χ2n) is 8.32. The van der Waals surface area contributed by atoms with Gasteiger partial charge in [-0.15, -0.1) is 0 Å². The predicted molar refractivity (Wildman–Crippen MR) is 147 cm³/mol. The molecular weight excluding hydrogens is 488 g/mol. The molecule has 1 saturated heterocycles. The molecule has 0 spiro atoms. The lowest BCUT2D eigenvalue weighted by atomic mass is 10.1. The molecule has 1 heterocycles. The number of aryl methyl sites for hydroxylation is 1. The topological polar surface area (TPSA) is 88.4 Å². The summed E-state index contributed by atoms with van der Waals surface area (Å²) < 4.78 is 11.8. The predicted octanol–water partition coefficient (Wildman–Crippen LogP) is 6.29. The van der Waals surface area contributed by atoms with E-state index in [0.717, 1.165) is 11.1 Å². The first kappa shape index (κ1) is 26.0. The van der Waals surface area contributed by atoms with Gasteiger partial charge in [0.2, 0.25) is 0 Å². The van der Waals surface area contributed by atoms with E-state index >= 15 is 0 Å². The van der Waals surface area contributed by atoms with Crippen LogP contribution in [0.5, 0.6) is 11.5 Å². The number of amidine groups is 1. The van der Waals surface area contributed by atoms with Crippen molar-refractivity contribution < 1.29 is 24.2 Å². The van der Waals surface area contributed by atoms with Crippen molar-refractivity contribution in [1.29, 1.82) is 0 Å². The molecule has 3 aromatic rings. The molecule has 0 bridgehead atoms. The SMILES string of the molecule is CCOc1cc(C=C2SC(=Nc3ccc(C(=O)O)cc3)N(CC)C2=O)ccc1OCc1ccc(C)cc1. The zero-order valence-electron chi connectivity index (χ0n) is 20.9. The third-order valence-corrected chi connectivity index (χ3v) is 6.63. The van der Waals surface area contributed by atoms with E-state index in [1.807, 2.05) is 57.2 Å². The Morgan fingerprint density at radius 1 is 1.00 bits per heavy atom. The molecule has 1 aliphatic heterocycles. The number of amides is 1. The van der Waals surface area contributed by atoms with Crippen LogP contribution in [0.15, 0.2) is 76.6 Å². The third-order valence-electron chi connectivity index (χ3n) is 5.62. The number of nitrogens with zero attached hydrogens (tertiary/aromatic N) is 2. The lowest BCUT2D eigenvalue weighted by Crippen LogP contribution is -2.28. The Kier molecular flexibility index (Phi) is 8.30. The van der Waals surface area contributed by atoms with Crippen LogP contribution in [0.3, 0.4) is 0 Å². The fourth-order valence-electron chi connectivity index (χ4n) is 3.66. The molecule has 1 fully saturated rings. The Hall–Kier alpha value is -4.04. The molecule has 1 amide bonds. The molecule has 1 N–H and O–H groups in total. The van der Waals surface area contributed by atoms with E-state index in [2.05, 4.69) is 17.1 Å². The smallest absolute Gasteiger partial charge is 0.335 e. The van der Waals surface area contributed by atoms with Gasteiger partial charge in [0, 0.05) is 6.54 Å². The van der Waals surface area contributed by atoms with Gasteiger partial charge in [-0.2, -0.15) is 0 Å². The van der Waals surface area contributed by atoms with Crippen LogP contribution < -0.4 is 9.47 Å². The van der Waals surface area contributed by atoms with Gasteiger partial charge >= 0.3 is 5.97 Å². The van der Waals surface area contributed by atoms with Gasteiger partial charge in [-0.1, -0.05) is 35.9 Å². The number of benzene rings is 3. The number of carbonyl (C=O) groups excluding carboxylic acids is 1. The van der Waals surface area contributed by atoms with E-state index in [1.165, 1.54) is 29.5 Å². The highest BCUT2D eigenvalue weighted by Crippen LogP contribution is 2.36. The minimum absolute atomic E-state index is 0.133. The molecule has 0 unspecified atom stereocenters. The Morgan fingerprint density at radius 3 is 2.38 bits per heavy atom. The first-order valence-electron chi connectivity index (χ1n) is 12.0. The van der Waals surface area contributed by atoms with Crippen LogP contribution in [-0.2, 0) is 11.4 Å². The summed E-state index contributed by atoms with van der Waals surface area (Å²) in [6.45, 7) is 7.22. The Balaban J connectivity index is 1.55. The largest absolute Gasteiger partial charge is 0.490 e. The van der Waals surface area contributed by atoms with Gasteiger partial charge in [-0.3, -0.25) is 9.69 Å². The van der Waals surface area contributed by atoms with E-state index < -0.39 is 5.97 Å². The van der Waals surface area contributed by atoms with Crippen molar-refractivity contribution in [2.24, 2.45) is 4.99 Å². The molecule has 1 aliphatic rings. The molecule has 0 aromatic heterocycles. The van der Waals surface area contributed by atoms with Crippen LogP contribution in [0.1, 0.15) is 40.9 Å². The summed E-state index contributed by atoms with van der Waals surface area (Å²) in [5.74, 6) is 0.116. The van der Waals surface area contributed by atoms with Gasteiger partial charge in [0.25, 0.3) is 5.91 Å². The van der Waals surface area contributed by atoms with E-state index in [0.29, 0.717) is 47.0 Å². The van der Waals surface area contributed by atoms with Crippen LogP contribution in [0.4, 0.5) is 5.69 Å². The molecule has 0 aliphatic carbocycles. The number of aliphatic imine (C=N–C) groups is 1. The van der Waals surface area contributed by atoms with Crippen molar-refractivity contribution in [3.63, 3.8) is 0 Å². The van der Waals surface area contributed by atoms with Crippen molar-refractivity contribution in [2.75, 3.05) is 13.2 Å². The molecule has 0 atom stereocenters. The summed E-state index contributed by atoms with van der Waals surface area (Å²) in [5.41, 5.74) is 3.83. The number of carboxylic acids is 1. The van der Waals surface area contributed by atoms with E-state index in [1.54, 1.807) is 17.0 Å². The van der Waals surface area contributed by atoms with Gasteiger partial charge in [0.15, 0.2) is 16.7 Å².